The number of nitrogens with one attached hydrogen (secondary N) is 2. The Balaban J connectivity index is 0.000000527. The summed E-state index contributed by atoms with van der Waals surface area (Å²) in [5.41, 5.74) is 2.52. The number of Topliss-reactive ketones (excluding diaryl/α,β-unsaturated/α-hetero) is 1. The molecule has 6 nitrogen and oxygen atoms in total. The Labute approximate surface area is 209 Å². The number of hydrogen-bond acceptors (Lipinski definition) is 4. The molecule has 6 heteroatoms. The van der Waals surface area contributed by atoms with Crippen LogP contribution in [0.25, 0.3) is 0 Å². The van der Waals surface area contributed by atoms with Crippen LogP contribution < -0.4 is 5.32 Å². The zero-order chi connectivity index (χ0) is 25.7. The Hall–Kier alpha value is -3.41. The second-order valence-corrected chi connectivity index (χ2v) is 9.60. The van der Waals surface area contributed by atoms with Crippen molar-refractivity contribution in [2.45, 2.75) is 78.4 Å². The van der Waals surface area contributed by atoms with Crippen molar-refractivity contribution < 1.29 is 14.3 Å². The van der Waals surface area contributed by atoms with E-state index in [0.717, 1.165) is 37.1 Å². The van der Waals surface area contributed by atoms with Gasteiger partial charge in [0, 0.05) is 18.9 Å². The van der Waals surface area contributed by atoms with Crippen molar-refractivity contribution in [2.75, 3.05) is 0 Å². The van der Waals surface area contributed by atoms with Crippen LogP contribution in [0.2, 0.25) is 0 Å². The molecule has 0 radical (unpaired) electrons. The summed E-state index contributed by atoms with van der Waals surface area (Å²) in [6.45, 7) is 9.47. The molecule has 2 aromatic carbocycles. The Bertz CT molecular complexity index is 1020. The van der Waals surface area contributed by atoms with Crippen molar-refractivity contribution in [1.82, 2.24) is 15.3 Å². The third-order valence-corrected chi connectivity index (χ3v) is 5.20. The van der Waals surface area contributed by atoms with Gasteiger partial charge in [-0.25, -0.2) is 9.78 Å². The molecule has 1 amide bonds. The lowest BCUT2D eigenvalue weighted by molar-refractivity contribution is 0.0501. The zero-order valence-electron chi connectivity index (χ0n) is 21.6. The number of carbonyl (C=O) groups excluding carboxylic acids is 2. The highest BCUT2D eigenvalue weighted by Gasteiger charge is 2.20. The number of aryl methyl sites for hydroxylation is 2. The van der Waals surface area contributed by atoms with E-state index >= 15 is 0 Å². The molecule has 1 atom stereocenters. The summed E-state index contributed by atoms with van der Waals surface area (Å²) in [6.07, 6.45) is 4.73. The van der Waals surface area contributed by atoms with Crippen LogP contribution >= 0.6 is 0 Å². The average molecular weight is 478 g/mol. The van der Waals surface area contributed by atoms with Crippen LogP contribution in [0.15, 0.2) is 66.9 Å². The summed E-state index contributed by atoms with van der Waals surface area (Å²) in [5.74, 6) is 0.861. The van der Waals surface area contributed by atoms with Crippen LogP contribution in [-0.4, -0.2) is 33.5 Å². The molecule has 0 saturated heterocycles. The van der Waals surface area contributed by atoms with E-state index in [9.17, 15) is 9.59 Å². The highest BCUT2D eigenvalue weighted by molar-refractivity contribution is 5.93. The maximum atomic E-state index is 12.2. The molecular formula is C29H39N3O3. The van der Waals surface area contributed by atoms with Gasteiger partial charge in [-0.2, -0.15) is 0 Å². The number of nitrogens with zero attached hydrogens (tertiary/aromatic N) is 1. The van der Waals surface area contributed by atoms with Crippen LogP contribution in [0.5, 0.6) is 0 Å². The van der Waals surface area contributed by atoms with Gasteiger partial charge in [0.15, 0.2) is 5.78 Å². The van der Waals surface area contributed by atoms with Crippen LogP contribution in [0.4, 0.5) is 4.79 Å². The number of rotatable bonds is 9. The van der Waals surface area contributed by atoms with Gasteiger partial charge in [0.25, 0.3) is 0 Å². The molecule has 3 aromatic rings. The van der Waals surface area contributed by atoms with Gasteiger partial charge in [0.05, 0.1) is 6.20 Å². The van der Waals surface area contributed by atoms with E-state index in [4.69, 9.17) is 4.74 Å². The molecule has 0 aliphatic carbocycles. The average Bonchev–Trinajstić information content (AvgIpc) is 3.28. The van der Waals surface area contributed by atoms with E-state index in [1.54, 1.807) is 6.20 Å². The van der Waals surface area contributed by atoms with E-state index < -0.39 is 11.7 Å². The Morgan fingerprint density at radius 1 is 1.03 bits per heavy atom. The molecule has 35 heavy (non-hydrogen) atoms. The van der Waals surface area contributed by atoms with Crippen LogP contribution in [0.1, 0.15) is 74.4 Å². The molecule has 0 unspecified atom stereocenters. The number of hydrogen-bond donors (Lipinski definition) is 2. The lowest BCUT2D eigenvalue weighted by atomic mass is 10.0. The second kappa shape index (κ2) is 14.1. The number of aromatic amines is 1. The Morgan fingerprint density at radius 3 is 2.20 bits per heavy atom. The minimum Gasteiger partial charge on any atom is -0.444 e. The molecule has 2 N–H and O–H groups in total. The zero-order valence-corrected chi connectivity index (χ0v) is 21.6. The molecule has 3 rings (SSSR count). The summed E-state index contributed by atoms with van der Waals surface area (Å²) in [4.78, 5) is 31.3. The number of carbonyl (C=O) groups is 2. The number of ketones is 1. The van der Waals surface area contributed by atoms with E-state index in [1.165, 1.54) is 5.56 Å². The first-order valence-corrected chi connectivity index (χ1v) is 12.3. The summed E-state index contributed by atoms with van der Waals surface area (Å²) in [6, 6.07) is 20.3. The molecular weight excluding hydrogens is 438 g/mol. The SMILES string of the molecule is CCC(=O)c1cnc(CCC[C@H](Cc2ccccc2)NC(=O)OC(C)(C)C)[nH]1.Cc1ccccc1. The van der Waals surface area contributed by atoms with Crippen molar-refractivity contribution in [3.8, 4) is 0 Å². The number of amides is 1. The molecule has 188 valence electrons. The van der Waals surface area contributed by atoms with Gasteiger partial charge in [0.2, 0.25) is 0 Å². The molecule has 0 aliphatic heterocycles. The normalized spacial score (nSPS) is 11.7. The predicted molar refractivity (Wildman–Crippen MR) is 141 cm³/mol. The molecule has 0 aliphatic rings. The van der Waals surface area contributed by atoms with Crippen molar-refractivity contribution in [3.63, 3.8) is 0 Å². The quantitative estimate of drug-likeness (QED) is 0.347. The first kappa shape index (κ1) is 27.8. The van der Waals surface area contributed by atoms with Crippen LogP contribution in [0.3, 0.4) is 0 Å². The fraction of sp³-hybridized carbons (Fsp3) is 0.414. The van der Waals surface area contributed by atoms with Gasteiger partial charge >= 0.3 is 6.09 Å². The number of benzene rings is 2. The maximum Gasteiger partial charge on any atom is 0.407 e. The summed E-state index contributed by atoms with van der Waals surface area (Å²) >= 11 is 0. The molecule has 0 fully saturated rings. The summed E-state index contributed by atoms with van der Waals surface area (Å²) in [7, 11) is 0. The summed E-state index contributed by atoms with van der Waals surface area (Å²) in [5, 5.41) is 2.99. The molecule has 0 saturated carbocycles. The van der Waals surface area contributed by atoms with Crippen molar-refractivity contribution in [1.29, 1.82) is 0 Å². The van der Waals surface area contributed by atoms with Gasteiger partial charge in [0.1, 0.15) is 17.1 Å². The lowest BCUT2D eigenvalue weighted by Crippen LogP contribution is -2.40. The monoisotopic (exact) mass is 477 g/mol. The smallest absolute Gasteiger partial charge is 0.407 e. The van der Waals surface area contributed by atoms with Gasteiger partial charge in [-0.15, -0.1) is 0 Å². The summed E-state index contributed by atoms with van der Waals surface area (Å²) < 4.78 is 5.41. The minimum atomic E-state index is -0.530. The van der Waals surface area contributed by atoms with Crippen LogP contribution in [0, 0.1) is 6.92 Å². The first-order valence-electron chi connectivity index (χ1n) is 12.3. The van der Waals surface area contributed by atoms with E-state index in [1.807, 2.05) is 64.1 Å². The predicted octanol–water partition coefficient (Wildman–Crippen LogP) is 6.46. The minimum absolute atomic E-state index is 0.0380. The molecule has 0 spiro atoms. The van der Waals surface area contributed by atoms with Crippen LogP contribution in [-0.2, 0) is 17.6 Å². The number of aromatic nitrogens is 2. The topological polar surface area (TPSA) is 84.1 Å². The first-order chi connectivity index (χ1) is 16.7. The lowest BCUT2D eigenvalue weighted by Gasteiger charge is -2.24. The Kier molecular flexibility index (Phi) is 11.2. The number of H-pyrrole nitrogens is 1. The van der Waals surface area contributed by atoms with Gasteiger partial charge in [-0.05, 0) is 52.5 Å². The van der Waals surface area contributed by atoms with Gasteiger partial charge in [-0.3, -0.25) is 4.79 Å². The molecule has 1 heterocycles. The standard InChI is InChI=1S/C22H31N3O3.C7H8/c1-5-19(26)18-15-23-20(25-18)13-9-12-17(14-16-10-7-6-8-11-16)24-21(27)28-22(2,3)4;1-7-5-3-2-4-6-7/h6-8,10-11,15,17H,5,9,12-14H2,1-4H3,(H,23,25)(H,24,27);2-6H,1H3/t17-;/m1./s1. The third-order valence-electron chi connectivity index (χ3n) is 5.20. The second-order valence-electron chi connectivity index (χ2n) is 9.60. The maximum absolute atomic E-state index is 12.2. The van der Waals surface area contributed by atoms with Crippen molar-refractivity contribution in [2.24, 2.45) is 0 Å². The van der Waals surface area contributed by atoms with E-state index in [0.29, 0.717) is 12.1 Å². The fourth-order valence-corrected chi connectivity index (χ4v) is 3.47. The number of ether oxygens (including phenoxy) is 1. The van der Waals surface area contributed by atoms with E-state index in [-0.39, 0.29) is 11.8 Å². The highest BCUT2D eigenvalue weighted by Crippen LogP contribution is 2.13. The molecule has 0 bridgehead atoms. The number of imidazole rings is 1. The highest BCUT2D eigenvalue weighted by atomic mass is 16.6. The largest absolute Gasteiger partial charge is 0.444 e. The Morgan fingerprint density at radius 2 is 1.66 bits per heavy atom. The third kappa shape index (κ3) is 11.5. The fourth-order valence-electron chi connectivity index (χ4n) is 3.47. The van der Waals surface area contributed by atoms with Gasteiger partial charge in [-0.1, -0.05) is 73.2 Å². The van der Waals surface area contributed by atoms with E-state index in [2.05, 4.69) is 46.5 Å². The molecule has 1 aromatic heterocycles. The van der Waals surface area contributed by atoms with Crippen molar-refractivity contribution >= 4 is 11.9 Å². The van der Waals surface area contributed by atoms with Crippen molar-refractivity contribution in [3.05, 3.63) is 89.5 Å². The van der Waals surface area contributed by atoms with Gasteiger partial charge < -0.3 is 15.0 Å². The number of alkyl carbamates (subject to hydrolysis) is 1.